The Morgan fingerprint density at radius 2 is 2.04 bits per heavy atom. The van der Waals surface area contributed by atoms with E-state index < -0.39 is 5.60 Å². The molecule has 1 saturated heterocycles. The lowest BCUT2D eigenvalue weighted by Crippen LogP contribution is -2.52. The summed E-state index contributed by atoms with van der Waals surface area (Å²) in [5.41, 5.74) is 0.821. The summed E-state index contributed by atoms with van der Waals surface area (Å²) in [4.78, 5) is 2.53. The number of piperidine rings is 1. The fraction of sp³-hybridized carbons (Fsp3) is 0.684. The number of nitrogens with zero attached hydrogens (tertiary/aromatic N) is 1. The predicted octanol–water partition coefficient (Wildman–Crippen LogP) is 4.07. The first-order valence-electron chi connectivity index (χ1n) is 8.53. The first-order valence-corrected chi connectivity index (χ1v) is 8.91. The molecule has 1 aromatic carbocycles. The van der Waals surface area contributed by atoms with Crippen molar-refractivity contribution in [1.82, 2.24) is 4.90 Å². The molecule has 1 N–H and O–H groups in total. The van der Waals surface area contributed by atoms with Gasteiger partial charge in [-0.2, -0.15) is 0 Å². The van der Waals surface area contributed by atoms with E-state index in [1.54, 1.807) is 0 Å². The molecule has 0 saturated carbocycles. The fourth-order valence-corrected chi connectivity index (χ4v) is 3.72. The molecule has 1 aliphatic heterocycles. The molecule has 130 valence electrons. The Bertz CT molecular complexity index is 514. The number of halogens is 1. The summed E-state index contributed by atoms with van der Waals surface area (Å²) in [5.74, 6) is 0.375. The third kappa shape index (κ3) is 4.48. The minimum Gasteiger partial charge on any atom is -0.394 e. The maximum atomic E-state index is 9.25. The van der Waals surface area contributed by atoms with Crippen LogP contribution < -0.4 is 0 Å². The Hall–Kier alpha value is -0.610. The van der Waals surface area contributed by atoms with Crippen molar-refractivity contribution in [3.63, 3.8) is 0 Å². The molecule has 2 rings (SSSR count). The molecule has 0 spiro atoms. The van der Waals surface area contributed by atoms with Gasteiger partial charge < -0.3 is 9.84 Å². The van der Waals surface area contributed by atoms with Crippen molar-refractivity contribution in [2.45, 2.75) is 51.7 Å². The molecule has 1 fully saturated rings. The summed E-state index contributed by atoms with van der Waals surface area (Å²) in [6.07, 6.45) is 2.29. The second-order valence-corrected chi connectivity index (χ2v) is 8.08. The number of aliphatic hydroxyl groups is 1. The molecule has 1 aromatic rings. The van der Waals surface area contributed by atoms with Gasteiger partial charge in [-0.25, -0.2) is 0 Å². The van der Waals surface area contributed by atoms with Crippen LogP contribution in [0, 0.1) is 5.92 Å². The molecule has 0 aromatic heterocycles. The maximum absolute atomic E-state index is 9.25. The van der Waals surface area contributed by atoms with Gasteiger partial charge in [0.1, 0.15) is 0 Å². The zero-order valence-corrected chi connectivity index (χ0v) is 15.6. The second kappa shape index (κ2) is 7.52. The van der Waals surface area contributed by atoms with Gasteiger partial charge in [-0.3, -0.25) is 4.90 Å². The molecule has 0 radical (unpaired) electrons. The first-order chi connectivity index (χ1) is 10.8. The summed E-state index contributed by atoms with van der Waals surface area (Å²) < 4.78 is 6.19. The molecular weight excluding hydrogens is 310 g/mol. The van der Waals surface area contributed by atoms with Crippen molar-refractivity contribution < 1.29 is 9.84 Å². The van der Waals surface area contributed by atoms with Crippen LogP contribution in [0.15, 0.2) is 24.3 Å². The first kappa shape index (κ1) is 18.7. The van der Waals surface area contributed by atoms with E-state index in [4.69, 9.17) is 16.3 Å². The van der Waals surface area contributed by atoms with Crippen molar-refractivity contribution in [2.75, 3.05) is 26.3 Å². The zero-order valence-electron chi connectivity index (χ0n) is 14.8. The van der Waals surface area contributed by atoms with Gasteiger partial charge >= 0.3 is 0 Å². The van der Waals surface area contributed by atoms with E-state index in [1.807, 2.05) is 18.2 Å². The van der Waals surface area contributed by atoms with Gasteiger partial charge in [0.05, 0.1) is 18.8 Å². The highest BCUT2D eigenvalue weighted by molar-refractivity contribution is 6.30. The SMILES string of the molecule is CC(C)(C)N1CCC[C@@H]([C@@](C)(OCCO)c2cccc(Cl)c2)C1. The largest absolute Gasteiger partial charge is 0.394 e. The average molecular weight is 340 g/mol. The molecule has 1 aliphatic rings. The minimum absolute atomic E-state index is 0.0336. The number of benzene rings is 1. The molecule has 0 unspecified atom stereocenters. The highest BCUT2D eigenvalue weighted by Gasteiger charge is 2.41. The van der Waals surface area contributed by atoms with E-state index >= 15 is 0 Å². The van der Waals surface area contributed by atoms with E-state index in [2.05, 4.69) is 38.7 Å². The summed E-state index contributed by atoms with van der Waals surface area (Å²) in [5, 5.41) is 9.98. The Morgan fingerprint density at radius 3 is 2.65 bits per heavy atom. The number of hydrogen-bond acceptors (Lipinski definition) is 3. The van der Waals surface area contributed by atoms with E-state index in [9.17, 15) is 5.11 Å². The van der Waals surface area contributed by atoms with Gasteiger partial charge in [-0.15, -0.1) is 0 Å². The number of aliphatic hydroxyl groups excluding tert-OH is 1. The number of hydrogen-bond donors (Lipinski definition) is 1. The highest BCUT2D eigenvalue weighted by atomic mass is 35.5. The number of ether oxygens (including phenoxy) is 1. The van der Waals surface area contributed by atoms with Crippen LogP contribution in [0.2, 0.25) is 5.02 Å². The number of likely N-dealkylation sites (tertiary alicyclic amines) is 1. The van der Waals surface area contributed by atoms with Gasteiger partial charge in [-0.05, 0) is 64.8 Å². The highest BCUT2D eigenvalue weighted by Crippen LogP contribution is 2.40. The minimum atomic E-state index is -0.433. The van der Waals surface area contributed by atoms with Crippen LogP contribution in [0.3, 0.4) is 0 Å². The van der Waals surface area contributed by atoms with Crippen molar-refractivity contribution in [3.05, 3.63) is 34.9 Å². The van der Waals surface area contributed by atoms with Gasteiger partial charge in [0.2, 0.25) is 0 Å². The smallest absolute Gasteiger partial charge is 0.0945 e. The second-order valence-electron chi connectivity index (χ2n) is 7.65. The topological polar surface area (TPSA) is 32.7 Å². The molecule has 4 heteroatoms. The maximum Gasteiger partial charge on any atom is 0.0945 e. The molecular formula is C19H30ClNO2. The van der Waals surface area contributed by atoms with E-state index in [-0.39, 0.29) is 12.1 Å². The standard InChI is InChI=1S/C19H30ClNO2/c1-18(2,3)21-10-6-8-16(14-21)19(4,23-12-11-22)15-7-5-9-17(20)13-15/h5,7,9,13,16,22H,6,8,10-12,14H2,1-4H3/t16-,19+/m1/s1. The molecule has 23 heavy (non-hydrogen) atoms. The molecule has 0 aliphatic carbocycles. The Balaban J connectivity index is 2.30. The molecule has 0 amide bonds. The van der Waals surface area contributed by atoms with E-state index in [0.29, 0.717) is 12.5 Å². The van der Waals surface area contributed by atoms with Gasteiger partial charge in [-0.1, -0.05) is 23.7 Å². The van der Waals surface area contributed by atoms with Crippen LogP contribution in [0.25, 0.3) is 0 Å². The predicted molar refractivity (Wildman–Crippen MR) is 95.9 cm³/mol. The van der Waals surface area contributed by atoms with E-state index in [1.165, 1.54) is 6.42 Å². The summed E-state index contributed by atoms with van der Waals surface area (Å²) in [6, 6.07) is 7.94. The van der Waals surface area contributed by atoms with Crippen LogP contribution in [-0.2, 0) is 10.3 Å². The lowest BCUT2D eigenvalue weighted by atomic mass is 9.77. The summed E-state index contributed by atoms with van der Waals surface area (Å²) in [6.45, 7) is 11.4. The van der Waals surface area contributed by atoms with Crippen LogP contribution in [0.1, 0.15) is 46.1 Å². The third-order valence-electron chi connectivity index (χ3n) is 5.04. The van der Waals surface area contributed by atoms with Crippen molar-refractivity contribution in [1.29, 1.82) is 0 Å². The van der Waals surface area contributed by atoms with Gasteiger partial charge in [0.15, 0.2) is 0 Å². The van der Waals surface area contributed by atoms with Crippen LogP contribution >= 0.6 is 11.6 Å². The van der Waals surface area contributed by atoms with Crippen LogP contribution in [-0.4, -0.2) is 41.8 Å². The van der Waals surface area contributed by atoms with Gasteiger partial charge in [0, 0.05) is 23.0 Å². The monoisotopic (exact) mass is 339 g/mol. The lowest BCUT2D eigenvalue weighted by molar-refractivity contribution is -0.113. The Labute approximate surface area is 145 Å². The van der Waals surface area contributed by atoms with Crippen molar-refractivity contribution in [2.24, 2.45) is 5.92 Å². The zero-order chi connectivity index (χ0) is 17.1. The lowest BCUT2D eigenvalue weighted by Gasteiger charge is -2.47. The molecule has 3 nitrogen and oxygen atoms in total. The normalized spacial score (nSPS) is 22.8. The summed E-state index contributed by atoms with van der Waals surface area (Å²) in [7, 11) is 0. The Kier molecular flexibility index (Phi) is 6.12. The van der Waals surface area contributed by atoms with Gasteiger partial charge in [0.25, 0.3) is 0 Å². The van der Waals surface area contributed by atoms with Crippen molar-refractivity contribution in [3.8, 4) is 0 Å². The average Bonchev–Trinajstić information content (AvgIpc) is 2.52. The Morgan fingerprint density at radius 1 is 1.30 bits per heavy atom. The molecule has 2 atom stereocenters. The quantitative estimate of drug-likeness (QED) is 0.877. The third-order valence-corrected chi connectivity index (χ3v) is 5.28. The van der Waals surface area contributed by atoms with Crippen LogP contribution in [0.4, 0.5) is 0 Å². The molecule has 1 heterocycles. The molecule has 0 bridgehead atoms. The van der Waals surface area contributed by atoms with Crippen molar-refractivity contribution >= 4 is 11.6 Å². The number of rotatable bonds is 5. The van der Waals surface area contributed by atoms with Crippen LogP contribution in [0.5, 0.6) is 0 Å². The van der Waals surface area contributed by atoms with E-state index in [0.717, 1.165) is 30.1 Å². The summed E-state index contributed by atoms with van der Waals surface area (Å²) >= 11 is 6.21. The fourth-order valence-electron chi connectivity index (χ4n) is 3.53.